The lowest BCUT2D eigenvalue weighted by molar-refractivity contribution is 0.627. The van der Waals surface area contributed by atoms with E-state index in [-0.39, 0.29) is 0 Å². The first-order valence-electron chi connectivity index (χ1n) is 17.2. The lowest BCUT2D eigenvalue weighted by Gasteiger charge is -2.25. The van der Waals surface area contributed by atoms with Crippen LogP contribution in [0.15, 0.2) is 183 Å². The van der Waals surface area contributed by atoms with E-state index in [2.05, 4.69) is 151 Å². The van der Waals surface area contributed by atoms with Gasteiger partial charge in [-0.25, -0.2) is 0 Å². The molecule has 0 fully saturated rings. The van der Waals surface area contributed by atoms with E-state index in [0.29, 0.717) is 0 Å². The molecule has 0 spiro atoms. The average Bonchev–Trinajstić information content (AvgIpc) is 3.94. The fourth-order valence-corrected chi connectivity index (χ4v) is 7.17. The first-order valence-corrected chi connectivity index (χ1v) is 17.2. The van der Waals surface area contributed by atoms with Crippen molar-refractivity contribution in [1.29, 1.82) is 0 Å². The van der Waals surface area contributed by atoms with Gasteiger partial charge in [-0.1, -0.05) is 96.6 Å². The van der Waals surface area contributed by atoms with Crippen LogP contribution in [0.2, 0.25) is 0 Å². The molecule has 0 radical (unpaired) electrons. The summed E-state index contributed by atoms with van der Waals surface area (Å²) in [5, 5.41) is 5.04. The molecule has 0 bridgehead atoms. The Morgan fingerprint density at radius 3 is 1.45 bits per heavy atom. The summed E-state index contributed by atoms with van der Waals surface area (Å²) in [5.41, 5.74) is 9.93. The van der Waals surface area contributed by atoms with Crippen molar-refractivity contribution >= 4 is 60.7 Å². The van der Waals surface area contributed by atoms with Gasteiger partial charge in [0.25, 0.3) is 0 Å². The number of fused-ring (bicyclic) bond motifs is 7. The third kappa shape index (κ3) is 5.00. The van der Waals surface area contributed by atoms with E-state index in [0.717, 1.165) is 94.7 Å². The Bertz CT molecular complexity index is 2790. The van der Waals surface area contributed by atoms with Gasteiger partial charge in [0.2, 0.25) is 0 Å². The van der Waals surface area contributed by atoms with Gasteiger partial charge >= 0.3 is 0 Å². The standard InChI is InChI=1S/C47H31NO3/c1-30-17-19-32(20-18-30)42-26-34-25-38-39-27-43(33-21-23-37(24-22-33)48(35-13-7-3-8-14-35)36-15-9-4-10-16-36)50-46(39)41-29-44(31-11-5-2-6-12-31)51-47(41)40(38)28-45(34)49-42/h2-29H,1H3. The van der Waals surface area contributed by atoms with Gasteiger partial charge in [-0.05, 0) is 91.2 Å². The summed E-state index contributed by atoms with van der Waals surface area (Å²) >= 11 is 0. The maximum absolute atomic E-state index is 6.80. The second kappa shape index (κ2) is 11.7. The molecule has 51 heavy (non-hydrogen) atoms. The minimum atomic E-state index is 0.782. The SMILES string of the molecule is Cc1ccc(-c2cc3cc4c5cc(-c6ccc(N(c7ccccc7)c7ccccc7)cc6)oc5c5cc(-c6ccccc6)oc5c4cc3o2)cc1. The fraction of sp³-hybridized carbons (Fsp3) is 0.0213. The molecule has 4 nitrogen and oxygen atoms in total. The normalized spacial score (nSPS) is 11.6. The zero-order valence-electron chi connectivity index (χ0n) is 27.8. The largest absolute Gasteiger partial charge is 0.456 e. The first kappa shape index (κ1) is 29.2. The van der Waals surface area contributed by atoms with Crippen LogP contribution in [0.5, 0.6) is 0 Å². The Hall–Kier alpha value is -6.78. The van der Waals surface area contributed by atoms with Crippen molar-refractivity contribution in [2.24, 2.45) is 0 Å². The molecule has 7 aromatic carbocycles. The highest BCUT2D eigenvalue weighted by atomic mass is 16.4. The second-order valence-corrected chi connectivity index (χ2v) is 13.0. The monoisotopic (exact) mass is 657 g/mol. The third-order valence-corrected chi connectivity index (χ3v) is 9.73. The Labute approximate surface area is 294 Å². The van der Waals surface area contributed by atoms with Crippen molar-refractivity contribution in [1.82, 2.24) is 0 Å². The summed E-state index contributed by atoms with van der Waals surface area (Å²) in [4.78, 5) is 2.26. The molecule has 242 valence electrons. The van der Waals surface area contributed by atoms with Crippen LogP contribution in [-0.4, -0.2) is 0 Å². The maximum Gasteiger partial charge on any atom is 0.146 e. The number of aryl methyl sites for hydroxylation is 1. The topological polar surface area (TPSA) is 42.7 Å². The van der Waals surface area contributed by atoms with E-state index in [1.807, 2.05) is 30.3 Å². The lowest BCUT2D eigenvalue weighted by Crippen LogP contribution is -2.09. The third-order valence-electron chi connectivity index (χ3n) is 9.73. The number of benzene rings is 7. The molecule has 10 rings (SSSR count). The number of nitrogens with zero attached hydrogens (tertiary/aromatic N) is 1. The van der Waals surface area contributed by atoms with Crippen LogP contribution in [0.4, 0.5) is 17.1 Å². The predicted octanol–water partition coefficient (Wildman–Crippen LogP) is 13.9. The van der Waals surface area contributed by atoms with E-state index in [4.69, 9.17) is 13.3 Å². The molecule has 0 aliphatic rings. The van der Waals surface area contributed by atoms with Crippen molar-refractivity contribution in [2.75, 3.05) is 4.90 Å². The molecule has 0 aliphatic heterocycles. The van der Waals surface area contributed by atoms with Gasteiger partial charge in [-0.15, -0.1) is 0 Å². The molecular weight excluding hydrogens is 627 g/mol. The number of anilines is 3. The molecular formula is C47H31NO3. The van der Waals surface area contributed by atoms with Crippen molar-refractivity contribution in [3.8, 4) is 34.0 Å². The van der Waals surface area contributed by atoms with Crippen molar-refractivity contribution < 1.29 is 13.3 Å². The minimum Gasteiger partial charge on any atom is -0.456 e. The second-order valence-electron chi connectivity index (χ2n) is 13.0. The van der Waals surface area contributed by atoms with Gasteiger partial charge in [0.1, 0.15) is 34.0 Å². The Balaban J connectivity index is 1.14. The fourth-order valence-electron chi connectivity index (χ4n) is 7.17. The van der Waals surface area contributed by atoms with E-state index < -0.39 is 0 Å². The maximum atomic E-state index is 6.80. The van der Waals surface area contributed by atoms with Crippen LogP contribution in [0.25, 0.3) is 77.7 Å². The number of hydrogen-bond acceptors (Lipinski definition) is 4. The van der Waals surface area contributed by atoms with Crippen molar-refractivity contribution in [3.05, 3.63) is 175 Å². The molecule has 0 atom stereocenters. The van der Waals surface area contributed by atoms with E-state index in [1.54, 1.807) is 0 Å². The molecule has 4 heteroatoms. The zero-order chi connectivity index (χ0) is 33.9. The Kier molecular flexibility index (Phi) is 6.68. The first-order chi connectivity index (χ1) is 25.2. The van der Waals surface area contributed by atoms with Crippen LogP contribution < -0.4 is 4.90 Å². The highest BCUT2D eigenvalue weighted by Crippen LogP contribution is 2.45. The number of rotatable bonds is 6. The summed E-state index contributed by atoms with van der Waals surface area (Å²) < 4.78 is 19.9. The molecule has 10 aromatic rings. The van der Waals surface area contributed by atoms with E-state index >= 15 is 0 Å². The van der Waals surface area contributed by atoms with Crippen LogP contribution in [0, 0.1) is 6.92 Å². The van der Waals surface area contributed by atoms with Crippen LogP contribution in [0.1, 0.15) is 5.56 Å². The Morgan fingerprint density at radius 2 is 0.843 bits per heavy atom. The lowest BCUT2D eigenvalue weighted by atomic mass is 10.0. The molecule has 0 amide bonds. The van der Waals surface area contributed by atoms with E-state index in [9.17, 15) is 0 Å². The molecule has 3 aromatic heterocycles. The van der Waals surface area contributed by atoms with Gasteiger partial charge in [-0.2, -0.15) is 0 Å². The molecule has 0 saturated heterocycles. The smallest absolute Gasteiger partial charge is 0.146 e. The highest BCUT2D eigenvalue weighted by Gasteiger charge is 2.21. The van der Waals surface area contributed by atoms with Crippen LogP contribution >= 0.6 is 0 Å². The van der Waals surface area contributed by atoms with Gasteiger partial charge in [-0.3, -0.25) is 0 Å². The van der Waals surface area contributed by atoms with Crippen LogP contribution in [-0.2, 0) is 0 Å². The molecule has 3 heterocycles. The summed E-state index contributed by atoms with van der Waals surface area (Å²) in [6, 6.07) is 58.8. The van der Waals surface area contributed by atoms with Crippen LogP contribution in [0.3, 0.4) is 0 Å². The molecule has 0 N–H and O–H groups in total. The molecule has 0 saturated carbocycles. The zero-order valence-corrected chi connectivity index (χ0v) is 27.8. The molecule has 0 unspecified atom stereocenters. The minimum absolute atomic E-state index is 0.782. The summed E-state index contributed by atoms with van der Waals surface area (Å²) in [7, 11) is 0. The Morgan fingerprint density at radius 1 is 0.373 bits per heavy atom. The van der Waals surface area contributed by atoms with Gasteiger partial charge in [0, 0.05) is 49.9 Å². The summed E-state index contributed by atoms with van der Waals surface area (Å²) in [5.74, 6) is 2.43. The number of furan rings is 3. The number of hydrogen-bond donors (Lipinski definition) is 0. The number of para-hydroxylation sites is 2. The molecule has 0 aliphatic carbocycles. The summed E-state index contributed by atoms with van der Waals surface area (Å²) in [6.07, 6.45) is 0. The van der Waals surface area contributed by atoms with Gasteiger partial charge in [0.05, 0.1) is 5.39 Å². The van der Waals surface area contributed by atoms with Gasteiger partial charge in [0.15, 0.2) is 0 Å². The summed E-state index contributed by atoms with van der Waals surface area (Å²) in [6.45, 7) is 2.09. The average molecular weight is 658 g/mol. The quantitative estimate of drug-likeness (QED) is 0.178. The highest BCUT2D eigenvalue weighted by molar-refractivity contribution is 6.25. The predicted molar refractivity (Wildman–Crippen MR) is 209 cm³/mol. The van der Waals surface area contributed by atoms with E-state index in [1.165, 1.54) is 5.56 Å². The van der Waals surface area contributed by atoms with Gasteiger partial charge < -0.3 is 18.2 Å². The van der Waals surface area contributed by atoms with Crippen molar-refractivity contribution in [2.45, 2.75) is 6.92 Å². The van der Waals surface area contributed by atoms with Crippen molar-refractivity contribution in [3.63, 3.8) is 0 Å².